The second-order valence-corrected chi connectivity index (χ2v) is 5.66. The summed E-state index contributed by atoms with van der Waals surface area (Å²) in [5.41, 5.74) is 3.56. The van der Waals surface area contributed by atoms with E-state index >= 15 is 0 Å². The van der Waals surface area contributed by atoms with Gasteiger partial charge in [-0.15, -0.1) is 11.3 Å². The summed E-state index contributed by atoms with van der Waals surface area (Å²) in [5, 5.41) is 16.2. The van der Waals surface area contributed by atoms with Gasteiger partial charge in [-0.2, -0.15) is 5.10 Å². The summed E-state index contributed by atoms with van der Waals surface area (Å²) in [7, 11) is 0. The van der Waals surface area contributed by atoms with Crippen LogP contribution in [-0.4, -0.2) is 25.8 Å². The molecule has 3 rings (SSSR count). The van der Waals surface area contributed by atoms with Crippen LogP contribution < -0.4 is 0 Å². The lowest BCUT2D eigenvalue weighted by atomic mass is 10.1. The normalized spacial score (nSPS) is 10.8. The third kappa shape index (κ3) is 2.45. The Kier molecular flexibility index (Phi) is 3.31. The Morgan fingerprint density at radius 2 is 2.14 bits per heavy atom. The minimum atomic E-state index is -1.00. The standard InChI is InChI=1S/C15H13N3O2S/c1-9-3-4-10(2)12(7-9)18-8-11(15(19)20)13(17-18)14-16-5-6-21-14/h3-8H,1-2H3,(H,19,20). The van der Waals surface area contributed by atoms with E-state index in [2.05, 4.69) is 10.1 Å². The highest BCUT2D eigenvalue weighted by atomic mass is 32.1. The second kappa shape index (κ2) is 5.14. The molecule has 5 nitrogen and oxygen atoms in total. The molecule has 0 unspecified atom stereocenters. The lowest BCUT2D eigenvalue weighted by Crippen LogP contribution is -1.98. The lowest BCUT2D eigenvalue weighted by Gasteiger charge is -2.06. The molecule has 6 heteroatoms. The zero-order valence-electron chi connectivity index (χ0n) is 11.6. The van der Waals surface area contributed by atoms with Crippen molar-refractivity contribution in [3.8, 4) is 16.4 Å². The van der Waals surface area contributed by atoms with Gasteiger partial charge in [0.1, 0.15) is 16.3 Å². The van der Waals surface area contributed by atoms with Crippen LogP contribution in [0.3, 0.4) is 0 Å². The summed E-state index contributed by atoms with van der Waals surface area (Å²) in [6.07, 6.45) is 3.18. The number of benzene rings is 1. The molecule has 1 N–H and O–H groups in total. The molecular formula is C15H13N3O2S. The van der Waals surface area contributed by atoms with Gasteiger partial charge in [0.2, 0.25) is 0 Å². The molecular weight excluding hydrogens is 286 g/mol. The summed E-state index contributed by atoms with van der Waals surface area (Å²) in [5.74, 6) is -1.00. The van der Waals surface area contributed by atoms with E-state index in [0.717, 1.165) is 16.8 Å². The number of hydrogen-bond acceptors (Lipinski definition) is 4. The number of aryl methyl sites for hydroxylation is 2. The van der Waals surface area contributed by atoms with E-state index in [9.17, 15) is 9.90 Å². The van der Waals surface area contributed by atoms with Crippen molar-refractivity contribution in [1.82, 2.24) is 14.8 Å². The molecule has 2 heterocycles. The van der Waals surface area contributed by atoms with Crippen LogP contribution in [0.15, 0.2) is 36.0 Å². The van der Waals surface area contributed by atoms with Crippen LogP contribution in [0.4, 0.5) is 0 Å². The molecule has 1 aromatic carbocycles. The van der Waals surface area contributed by atoms with Crippen LogP contribution in [0, 0.1) is 13.8 Å². The highest BCUT2D eigenvalue weighted by Gasteiger charge is 2.20. The van der Waals surface area contributed by atoms with Gasteiger partial charge in [0, 0.05) is 17.8 Å². The fourth-order valence-corrected chi connectivity index (χ4v) is 2.75. The molecule has 106 valence electrons. The molecule has 3 aromatic rings. The van der Waals surface area contributed by atoms with Crippen molar-refractivity contribution in [1.29, 1.82) is 0 Å². The van der Waals surface area contributed by atoms with E-state index in [0.29, 0.717) is 10.7 Å². The summed E-state index contributed by atoms with van der Waals surface area (Å²) in [6.45, 7) is 3.96. The molecule has 0 aliphatic rings. The Balaban J connectivity index is 2.19. The Morgan fingerprint density at radius 3 is 2.81 bits per heavy atom. The molecule has 0 saturated carbocycles. The molecule has 0 atom stereocenters. The van der Waals surface area contributed by atoms with E-state index < -0.39 is 5.97 Å². The Hall–Kier alpha value is -2.47. The van der Waals surface area contributed by atoms with Crippen molar-refractivity contribution in [2.45, 2.75) is 13.8 Å². The van der Waals surface area contributed by atoms with E-state index in [4.69, 9.17) is 0 Å². The second-order valence-electron chi connectivity index (χ2n) is 4.77. The van der Waals surface area contributed by atoms with Gasteiger partial charge in [0.25, 0.3) is 0 Å². The molecule has 0 aliphatic heterocycles. The fraction of sp³-hybridized carbons (Fsp3) is 0.133. The van der Waals surface area contributed by atoms with Crippen LogP contribution in [0.1, 0.15) is 21.5 Å². The summed E-state index contributed by atoms with van der Waals surface area (Å²) in [6, 6.07) is 6.00. The maximum absolute atomic E-state index is 11.4. The van der Waals surface area contributed by atoms with Crippen molar-refractivity contribution in [3.63, 3.8) is 0 Å². The van der Waals surface area contributed by atoms with Gasteiger partial charge < -0.3 is 5.11 Å². The number of carboxylic acids is 1. The van der Waals surface area contributed by atoms with Gasteiger partial charge in [-0.3, -0.25) is 0 Å². The van der Waals surface area contributed by atoms with Crippen molar-refractivity contribution >= 4 is 17.3 Å². The molecule has 0 bridgehead atoms. The quantitative estimate of drug-likeness (QED) is 0.805. The summed E-state index contributed by atoms with van der Waals surface area (Å²) >= 11 is 1.37. The smallest absolute Gasteiger partial charge is 0.339 e. The first-order chi connectivity index (χ1) is 10.1. The molecule has 0 fully saturated rings. The molecule has 0 radical (unpaired) electrons. The SMILES string of the molecule is Cc1ccc(C)c(-n2cc(C(=O)O)c(-c3nccs3)n2)c1. The van der Waals surface area contributed by atoms with Crippen LogP contribution in [0.5, 0.6) is 0 Å². The van der Waals surface area contributed by atoms with Gasteiger partial charge >= 0.3 is 5.97 Å². The third-order valence-corrected chi connectivity index (χ3v) is 3.97. The number of aromatic nitrogens is 3. The molecule has 0 saturated heterocycles. The first-order valence-electron chi connectivity index (χ1n) is 6.36. The summed E-state index contributed by atoms with van der Waals surface area (Å²) < 4.78 is 1.61. The first-order valence-corrected chi connectivity index (χ1v) is 7.24. The average molecular weight is 299 g/mol. The minimum absolute atomic E-state index is 0.158. The van der Waals surface area contributed by atoms with E-state index in [1.165, 1.54) is 11.3 Å². The van der Waals surface area contributed by atoms with Crippen LogP contribution in [0.25, 0.3) is 16.4 Å². The van der Waals surface area contributed by atoms with Crippen molar-refractivity contribution in [2.24, 2.45) is 0 Å². The highest BCUT2D eigenvalue weighted by molar-refractivity contribution is 7.13. The zero-order chi connectivity index (χ0) is 15.0. The summed E-state index contributed by atoms with van der Waals surface area (Å²) in [4.78, 5) is 15.6. The molecule has 0 amide bonds. The van der Waals surface area contributed by atoms with Gasteiger partial charge in [-0.25, -0.2) is 14.5 Å². The Labute approximate surface area is 125 Å². The Morgan fingerprint density at radius 1 is 1.33 bits per heavy atom. The number of thiazole rings is 1. The average Bonchev–Trinajstić information content (AvgIpc) is 3.09. The number of nitrogens with zero attached hydrogens (tertiary/aromatic N) is 3. The predicted molar refractivity (Wildman–Crippen MR) is 81.1 cm³/mol. The zero-order valence-corrected chi connectivity index (χ0v) is 12.4. The number of carbonyl (C=O) groups is 1. The molecule has 21 heavy (non-hydrogen) atoms. The van der Waals surface area contributed by atoms with E-state index in [1.807, 2.05) is 32.0 Å². The number of rotatable bonds is 3. The van der Waals surface area contributed by atoms with E-state index in [-0.39, 0.29) is 5.56 Å². The minimum Gasteiger partial charge on any atom is -0.478 e. The van der Waals surface area contributed by atoms with Crippen LogP contribution in [-0.2, 0) is 0 Å². The fourth-order valence-electron chi connectivity index (χ4n) is 2.12. The van der Waals surface area contributed by atoms with Gasteiger partial charge in [-0.05, 0) is 31.0 Å². The molecule has 0 aliphatic carbocycles. The van der Waals surface area contributed by atoms with Gasteiger partial charge in [0.05, 0.1) is 5.69 Å². The first kappa shape index (κ1) is 13.5. The highest BCUT2D eigenvalue weighted by Crippen LogP contribution is 2.26. The Bertz CT molecular complexity index is 806. The van der Waals surface area contributed by atoms with Crippen LogP contribution in [0.2, 0.25) is 0 Å². The van der Waals surface area contributed by atoms with Gasteiger partial charge in [-0.1, -0.05) is 12.1 Å². The number of aromatic carboxylic acids is 1. The number of carboxylic acid groups (broad SMARTS) is 1. The van der Waals surface area contributed by atoms with Crippen LogP contribution >= 0.6 is 11.3 Å². The van der Waals surface area contributed by atoms with E-state index in [1.54, 1.807) is 22.5 Å². The maximum atomic E-state index is 11.4. The number of hydrogen-bond donors (Lipinski definition) is 1. The topological polar surface area (TPSA) is 68.0 Å². The van der Waals surface area contributed by atoms with Crippen molar-refractivity contribution < 1.29 is 9.90 Å². The van der Waals surface area contributed by atoms with Crippen molar-refractivity contribution in [2.75, 3.05) is 0 Å². The largest absolute Gasteiger partial charge is 0.478 e. The monoisotopic (exact) mass is 299 g/mol. The van der Waals surface area contributed by atoms with Gasteiger partial charge in [0.15, 0.2) is 0 Å². The predicted octanol–water partition coefficient (Wildman–Crippen LogP) is 3.31. The molecule has 2 aromatic heterocycles. The maximum Gasteiger partial charge on any atom is 0.339 e. The third-order valence-electron chi connectivity index (χ3n) is 3.19. The van der Waals surface area contributed by atoms with Crippen molar-refractivity contribution in [3.05, 3.63) is 52.7 Å². The molecule has 0 spiro atoms. The lowest BCUT2D eigenvalue weighted by molar-refractivity contribution is 0.0697.